The third-order valence-corrected chi connectivity index (χ3v) is 3.25. The summed E-state index contributed by atoms with van der Waals surface area (Å²) in [6, 6.07) is -1.35. The Bertz CT molecular complexity index is 530. The Balaban J connectivity index is 2.07. The van der Waals surface area contributed by atoms with Gasteiger partial charge in [-0.3, -0.25) is 14.7 Å². The van der Waals surface area contributed by atoms with Gasteiger partial charge < -0.3 is 20.2 Å². The molecule has 21 heavy (non-hydrogen) atoms. The van der Waals surface area contributed by atoms with Crippen LogP contribution in [0.1, 0.15) is 12.0 Å². The van der Waals surface area contributed by atoms with Gasteiger partial charge in [0, 0.05) is 31.9 Å². The number of nitrogens with zero attached hydrogens (tertiary/aromatic N) is 3. The summed E-state index contributed by atoms with van der Waals surface area (Å²) in [6.45, 7) is 0.936. The molecular formula is C12H17N5O4. The second kappa shape index (κ2) is 6.25. The van der Waals surface area contributed by atoms with Crippen LogP contribution in [0.5, 0.6) is 0 Å². The fourth-order valence-corrected chi connectivity index (χ4v) is 2.24. The van der Waals surface area contributed by atoms with E-state index in [2.05, 4.69) is 15.5 Å². The zero-order valence-electron chi connectivity index (χ0n) is 11.6. The lowest BCUT2D eigenvalue weighted by Crippen LogP contribution is -2.59. The second-order valence-corrected chi connectivity index (χ2v) is 4.84. The normalized spacial score (nSPS) is 18.2. The largest absolute Gasteiger partial charge is 0.481 e. The Morgan fingerprint density at radius 3 is 2.95 bits per heavy atom. The standard InChI is InChI=1S/C12H17N5O4/c1-16(7-8-5-14-15-6-8)12(21)17-3-2-13-11(20)9(17)4-10(18)19/h5-6,9H,2-4,7H2,1H3,(H,13,20)(H,14,15)(H,18,19). The molecule has 2 rings (SSSR count). The van der Waals surface area contributed by atoms with Crippen LogP contribution in [0.3, 0.4) is 0 Å². The van der Waals surface area contributed by atoms with Crippen molar-refractivity contribution < 1.29 is 19.5 Å². The molecule has 0 aliphatic carbocycles. The molecule has 1 aliphatic rings. The van der Waals surface area contributed by atoms with Crippen LogP contribution in [-0.4, -0.2) is 69.2 Å². The molecular weight excluding hydrogens is 278 g/mol. The zero-order valence-corrected chi connectivity index (χ0v) is 11.6. The van der Waals surface area contributed by atoms with Crippen molar-refractivity contribution in [3.05, 3.63) is 18.0 Å². The number of piperazine rings is 1. The SMILES string of the molecule is CN(Cc1cn[nH]c1)C(=O)N1CCNC(=O)C1CC(=O)O. The Morgan fingerprint density at radius 1 is 1.57 bits per heavy atom. The first kappa shape index (κ1) is 14.8. The molecule has 1 unspecified atom stereocenters. The highest BCUT2D eigenvalue weighted by Gasteiger charge is 2.35. The van der Waals surface area contributed by atoms with Gasteiger partial charge in [0.1, 0.15) is 6.04 Å². The van der Waals surface area contributed by atoms with E-state index >= 15 is 0 Å². The molecule has 1 aromatic heterocycles. The van der Waals surface area contributed by atoms with E-state index in [1.165, 1.54) is 9.80 Å². The number of carboxylic acid groups (broad SMARTS) is 1. The van der Waals surface area contributed by atoms with Gasteiger partial charge in [-0.2, -0.15) is 5.10 Å². The highest BCUT2D eigenvalue weighted by molar-refractivity contribution is 5.91. The molecule has 3 N–H and O–H groups in total. The fourth-order valence-electron chi connectivity index (χ4n) is 2.24. The number of carbonyl (C=O) groups is 3. The lowest BCUT2D eigenvalue weighted by Gasteiger charge is -2.36. The molecule has 0 saturated carbocycles. The van der Waals surface area contributed by atoms with Gasteiger partial charge in [-0.05, 0) is 0 Å². The van der Waals surface area contributed by atoms with Crippen LogP contribution in [0.2, 0.25) is 0 Å². The molecule has 1 atom stereocenters. The van der Waals surface area contributed by atoms with Gasteiger partial charge in [-0.25, -0.2) is 4.79 Å². The lowest BCUT2D eigenvalue weighted by molar-refractivity contribution is -0.142. The Morgan fingerprint density at radius 2 is 2.33 bits per heavy atom. The predicted octanol–water partition coefficient (Wildman–Crippen LogP) is -0.763. The van der Waals surface area contributed by atoms with Crippen molar-refractivity contribution in [3.63, 3.8) is 0 Å². The number of urea groups is 1. The van der Waals surface area contributed by atoms with Crippen LogP contribution in [0, 0.1) is 0 Å². The molecule has 1 saturated heterocycles. The molecule has 0 spiro atoms. The summed E-state index contributed by atoms with van der Waals surface area (Å²) < 4.78 is 0. The van der Waals surface area contributed by atoms with Crippen molar-refractivity contribution in [2.75, 3.05) is 20.1 Å². The molecule has 3 amide bonds. The van der Waals surface area contributed by atoms with E-state index in [0.29, 0.717) is 13.1 Å². The summed E-state index contributed by atoms with van der Waals surface area (Å²) in [6.07, 6.45) is 2.86. The van der Waals surface area contributed by atoms with E-state index in [9.17, 15) is 14.4 Å². The van der Waals surface area contributed by atoms with E-state index in [-0.39, 0.29) is 12.6 Å². The number of rotatable bonds is 4. The minimum absolute atomic E-state index is 0.290. The smallest absolute Gasteiger partial charge is 0.320 e. The van der Waals surface area contributed by atoms with Crippen molar-refractivity contribution in [2.24, 2.45) is 0 Å². The molecule has 1 fully saturated rings. The average Bonchev–Trinajstić information content (AvgIpc) is 2.92. The first-order chi connectivity index (χ1) is 9.99. The number of amides is 3. The van der Waals surface area contributed by atoms with Crippen LogP contribution < -0.4 is 5.32 Å². The summed E-state index contributed by atoms with van der Waals surface area (Å²) in [7, 11) is 1.60. The maximum absolute atomic E-state index is 12.4. The lowest BCUT2D eigenvalue weighted by atomic mass is 10.1. The molecule has 9 nitrogen and oxygen atoms in total. The molecule has 1 aliphatic heterocycles. The number of carboxylic acids is 1. The molecule has 0 radical (unpaired) electrons. The van der Waals surface area contributed by atoms with Gasteiger partial charge in [0.15, 0.2) is 0 Å². The van der Waals surface area contributed by atoms with Crippen molar-refractivity contribution in [2.45, 2.75) is 19.0 Å². The van der Waals surface area contributed by atoms with E-state index < -0.39 is 24.3 Å². The first-order valence-electron chi connectivity index (χ1n) is 6.48. The van der Waals surface area contributed by atoms with Gasteiger partial charge in [0.2, 0.25) is 5.91 Å². The maximum atomic E-state index is 12.4. The number of hydrogen-bond acceptors (Lipinski definition) is 4. The molecule has 1 aromatic rings. The summed E-state index contributed by atoms with van der Waals surface area (Å²) in [5.41, 5.74) is 0.821. The number of nitrogens with one attached hydrogen (secondary N) is 2. The van der Waals surface area contributed by atoms with Crippen LogP contribution >= 0.6 is 0 Å². The number of carbonyl (C=O) groups excluding carboxylic acids is 2. The highest BCUT2D eigenvalue weighted by Crippen LogP contribution is 2.13. The Labute approximate surface area is 120 Å². The minimum Gasteiger partial charge on any atom is -0.481 e. The van der Waals surface area contributed by atoms with Crippen LogP contribution in [0.15, 0.2) is 12.4 Å². The highest BCUT2D eigenvalue weighted by atomic mass is 16.4. The molecule has 0 aromatic carbocycles. The molecule has 9 heteroatoms. The van der Waals surface area contributed by atoms with Crippen LogP contribution in [0.25, 0.3) is 0 Å². The van der Waals surface area contributed by atoms with Gasteiger partial charge in [0.25, 0.3) is 0 Å². The summed E-state index contributed by atoms with van der Waals surface area (Å²) in [5.74, 6) is -1.55. The monoisotopic (exact) mass is 295 g/mol. The maximum Gasteiger partial charge on any atom is 0.320 e. The molecule has 2 heterocycles. The third-order valence-electron chi connectivity index (χ3n) is 3.25. The first-order valence-corrected chi connectivity index (χ1v) is 6.48. The molecule has 114 valence electrons. The number of aromatic nitrogens is 2. The molecule has 0 bridgehead atoms. The summed E-state index contributed by atoms with van der Waals surface area (Å²) in [4.78, 5) is 37.8. The minimum atomic E-state index is -1.12. The van der Waals surface area contributed by atoms with Gasteiger partial charge in [-0.1, -0.05) is 0 Å². The van der Waals surface area contributed by atoms with Crippen molar-refractivity contribution in [1.82, 2.24) is 25.3 Å². The number of H-pyrrole nitrogens is 1. The topological polar surface area (TPSA) is 119 Å². The van der Waals surface area contributed by atoms with Crippen molar-refractivity contribution in [1.29, 1.82) is 0 Å². The van der Waals surface area contributed by atoms with E-state index in [0.717, 1.165) is 5.56 Å². The predicted molar refractivity (Wildman–Crippen MR) is 71.2 cm³/mol. The van der Waals surface area contributed by atoms with Gasteiger partial charge in [0.05, 0.1) is 19.2 Å². The van der Waals surface area contributed by atoms with Gasteiger partial charge in [-0.15, -0.1) is 0 Å². The number of hydrogen-bond donors (Lipinski definition) is 3. The van der Waals surface area contributed by atoms with Crippen LogP contribution in [-0.2, 0) is 16.1 Å². The number of aliphatic carboxylic acids is 1. The van der Waals surface area contributed by atoms with Gasteiger partial charge >= 0.3 is 12.0 Å². The zero-order chi connectivity index (χ0) is 15.4. The summed E-state index contributed by atoms with van der Waals surface area (Å²) in [5, 5.41) is 17.9. The van der Waals surface area contributed by atoms with E-state index in [1.807, 2.05) is 0 Å². The third kappa shape index (κ3) is 3.50. The van der Waals surface area contributed by atoms with E-state index in [4.69, 9.17) is 5.11 Å². The summed E-state index contributed by atoms with van der Waals surface area (Å²) >= 11 is 0. The number of aromatic amines is 1. The van der Waals surface area contributed by atoms with E-state index in [1.54, 1.807) is 19.4 Å². The van der Waals surface area contributed by atoms with Crippen LogP contribution in [0.4, 0.5) is 4.79 Å². The Kier molecular flexibility index (Phi) is 4.41. The quantitative estimate of drug-likeness (QED) is 0.674. The average molecular weight is 295 g/mol. The fraction of sp³-hybridized carbons (Fsp3) is 0.500. The van der Waals surface area contributed by atoms with Crippen molar-refractivity contribution in [3.8, 4) is 0 Å². The van der Waals surface area contributed by atoms with Crippen molar-refractivity contribution >= 4 is 17.9 Å². The Hall–Kier alpha value is -2.58. The second-order valence-electron chi connectivity index (χ2n) is 4.84.